The van der Waals surface area contributed by atoms with Gasteiger partial charge in [-0.2, -0.15) is 0 Å². The van der Waals surface area contributed by atoms with Crippen LogP contribution in [-0.4, -0.2) is 11.6 Å². The maximum Gasteiger partial charge on any atom is 0.269 e. The summed E-state index contributed by atoms with van der Waals surface area (Å²) in [6.07, 6.45) is 8.96. The molecule has 0 radical (unpaired) electrons. The first kappa shape index (κ1) is 9.17. The fourth-order valence-corrected chi connectivity index (χ4v) is 1.41. The second-order valence-electron chi connectivity index (χ2n) is 3.08. The van der Waals surface area contributed by atoms with Crippen molar-refractivity contribution >= 4 is 11.6 Å². The van der Waals surface area contributed by atoms with E-state index in [9.17, 15) is 4.79 Å². The van der Waals surface area contributed by atoms with Gasteiger partial charge in [-0.1, -0.05) is 12.5 Å². The van der Waals surface area contributed by atoms with Gasteiger partial charge in [-0.05, 0) is 32.6 Å². The van der Waals surface area contributed by atoms with Crippen LogP contribution in [0.15, 0.2) is 17.1 Å². The van der Waals surface area contributed by atoms with E-state index in [-0.39, 0.29) is 5.91 Å². The van der Waals surface area contributed by atoms with Crippen LogP contribution in [0, 0.1) is 0 Å². The van der Waals surface area contributed by atoms with Gasteiger partial charge < -0.3 is 0 Å². The average molecular weight is 165 g/mol. The van der Waals surface area contributed by atoms with E-state index in [0.29, 0.717) is 0 Å². The molecule has 1 fully saturated rings. The third-order valence-electron chi connectivity index (χ3n) is 2.01. The van der Waals surface area contributed by atoms with Crippen molar-refractivity contribution in [3.05, 3.63) is 12.2 Å². The fourth-order valence-electron chi connectivity index (χ4n) is 1.41. The van der Waals surface area contributed by atoms with Gasteiger partial charge in [0, 0.05) is 11.8 Å². The monoisotopic (exact) mass is 165 g/mol. The van der Waals surface area contributed by atoms with Crippen LogP contribution < -0.4 is 0 Å². The molecule has 0 unspecified atom stereocenters. The van der Waals surface area contributed by atoms with Gasteiger partial charge in [-0.3, -0.25) is 4.79 Å². The highest BCUT2D eigenvalue weighted by atomic mass is 16.1. The molecule has 1 aliphatic carbocycles. The first-order valence-electron chi connectivity index (χ1n) is 4.56. The highest BCUT2D eigenvalue weighted by Crippen LogP contribution is 2.14. The predicted octanol–water partition coefficient (Wildman–Crippen LogP) is 2.49. The van der Waals surface area contributed by atoms with E-state index in [4.69, 9.17) is 0 Å². The van der Waals surface area contributed by atoms with Gasteiger partial charge in [0.05, 0.1) is 0 Å². The molecular weight excluding hydrogens is 150 g/mol. The molecule has 0 bridgehead atoms. The number of aliphatic imine (C=N–C) groups is 1. The average Bonchev–Trinajstić information content (AvgIpc) is 2.06. The van der Waals surface area contributed by atoms with E-state index in [0.717, 1.165) is 18.6 Å². The molecule has 1 aliphatic rings. The molecule has 1 amide bonds. The van der Waals surface area contributed by atoms with Crippen molar-refractivity contribution in [1.29, 1.82) is 0 Å². The number of rotatable bonds is 1. The number of carbonyl (C=O) groups is 1. The van der Waals surface area contributed by atoms with Gasteiger partial charge in [-0.15, -0.1) is 0 Å². The fraction of sp³-hybridized carbons (Fsp3) is 0.600. The van der Waals surface area contributed by atoms with Crippen molar-refractivity contribution in [3.8, 4) is 0 Å². The molecule has 1 saturated carbocycles. The van der Waals surface area contributed by atoms with E-state index in [1.165, 1.54) is 25.3 Å². The lowest BCUT2D eigenvalue weighted by molar-refractivity contribution is -0.113. The van der Waals surface area contributed by atoms with Crippen LogP contribution >= 0.6 is 0 Å². The third kappa shape index (κ3) is 2.99. The summed E-state index contributed by atoms with van der Waals surface area (Å²) in [4.78, 5) is 15.1. The zero-order chi connectivity index (χ0) is 8.81. The first-order valence-corrected chi connectivity index (χ1v) is 4.56. The molecule has 2 heteroatoms. The Kier molecular flexibility index (Phi) is 3.71. The van der Waals surface area contributed by atoms with Crippen LogP contribution in [0.3, 0.4) is 0 Å². The van der Waals surface area contributed by atoms with E-state index < -0.39 is 0 Å². The van der Waals surface area contributed by atoms with Crippen molar-refractivity contribution in [2.75, 3.05) is 0 Å². The Morgan fingerprint density at radius 3 is 2.58 bits per heavy atom. The SMILES string of the molecule is CC=CC(=O)N=C1CCCCC1. The van der Waals surface area contributed by atoms with Crippen LogP contribution in [0.25, 0.3) is 0 Å². The second kappa shape index (κ2) is 4.86. The summed E-state index contributed by atoms with van der Waals surface area (Å²) in [5.41, 5.74) is 1.09. The molecule has 0 saturated heterocycles. The van der Waals surface area contributed by atoms with Crippen molar-refractivity contribution < 1.29 is 4.79 Å². The number of carbonyl (C=O) groups excluding carboxylic acids is 1. The minimum absolute atomic E-state index is 0.102. The van der Waals surface area contributed by atoms with Crippen LogP contribution in [-0.2, 0) is 4.79 Å². The second-order valence-corrected chi connectivity index (χ2v) is 3.08. The summed E-state index contributed by atoms with van der Waals surface area (Å²) in [6, 6.07) is 0. The van der Waals surface area contributed by atoms with Crippen molar-refractivity contribution in [1.82, 2.24) is 0 Å². The van der Waals surface area contributed by atoms with Crippen LogP contribution in [0.2, 0.25) is 0 Å². The maximum atomic E-state index is 11.0. The van der Waals surface area contributed by atoms with Crippen LogP contribution in [0.5, 0.6) is 0 Å². The minimum atomic E-state index is -0.102. The Morgan fingerprint density at radius 1 is 1.33 bits per heavy atom. The molecule has 0 atom stereocenters. The Morgan fingerprint density at radius 2 is 2.00 bits per heavy atom. The number of amides is 1. The highest BCUT2D eigenvalue weighted by molar-refractivity contribution is 6.00. The minimum Gasteiger partial charge on any atom is -0.268 e. The van der Waals surface area contributed by atoms with E-state index in [2.05, 4.69) is 4.99 Å². The molecular formula is C10H15NO. The number of hydrogen-bond acceptors (Lipinski definition) is 1. The van der Waals surface area contributed by atoms with Gasteiger partial charge in [0.25, 0.3) is 5.91 Å². The van der Waals surface area contributed by atoms with Gasteiger partial charge in [-0.25, -0.2) is 4.99 Å². The van der Waals surface area contributed by atoms with Crippen LogP contribution in [0.4, 0.5) is 0 Å². The largest absolute Gasteiger partial charge is 0.269 e. The molecule has 66 valence electrons. The molecule has 0 aromatic rings. The smallest absolute Gasteiger partial charge is 0.268 e. The lowest BCUT2D eigenvalue weighted by Gasteiger charge is -2.10. The lowest BCUT2D eigenvalue weighted by atomic mass is 9.98. The zero-order valence-electron chi connectivity index (χ0n) is 7.55. The Labute approximate surface area is 73.4 Å². The zero-order valence-corrected chi connectivity index (χ0v) is 7.55. The standard InChI is InChI=1S/C10H15NO/c1-2-6-10(12)11-9-7-4-3-5-8-9/h2,6H,3-5,7-8H2,1H3. The van der Waals surface area contributed by atoms with E-state index >= 15 is 0 Å². The Bertz CT molecular complexity index is 208. The summed E-state index contributed by atoms with van der Waals surface area (Å²) in [5, 5.41) is 0. The van der Waals surface area contributed by atoms with Crippen molar-refractivity contribution in [2.45, 2.75) is 39.0 Å². The number of allylic oxidation sites excluding steroid dienone is 1. The van der Waals surface area contributed by atoms with Gasteiger partial charge in [0.15, 0.2) is 0 Å². The summed E-state index contributed by atoms with van der Waals surface area (Å²) >= 11 is 0. The number of hydrogen-bond donors (Lipinski definition) is 0. The molecule has 0 heterocycles. The van der Waals surface area contributed by atoms with Crippen molar-refractivity contribution in [2.24, 2.45) is 4.99 Å². The molecule has 0 N–H and O–H groups in total. The molecule has 12 heavy (non-hydrogen) atoms. The normalized spacial score (nSPS) is 18.2. The molecule has 0 aromatic carbocycles. The third-order valence-corrected chi connectivity index (χ3v) is 2.01. The van der Waals surface area contributed by atoms with Gasteiger partial charge in [0.2, 0.25) is 0 Å². The van der Waals surface area contributed by atoms with Crippen molar-refractivity contribution in [3.63, 3.8) is 0 Å². The maximum absolute atomic E-state index is 11.0. The Hall–Kier alpha value is -0.920. The molecule has 1 rings (SSSR count). The van der Waals surface area contributed by atoms with E-state index in [1.54, 1.807) is 6.08 Å². The topological polar surface area (TPSA) is 29.4 Å². The molecule has 0 aliphatic heterocycles. The van der Waals surface area contributed by atoms with Gasteiger partial charge in [0.1, 0.15) is 0 Å². The number of nitrogens with zero attached hydrogens (tertiary/aromatic N) is 1. The van der Waals surface area contributed by atoms with Crippen LogP contribution in [0.1, 0.15) is 39.0 Å². The summed E-state index contributed by atoms with van der Waals surface area (Å²) in [5.74, 6) is -0.102. The van der Waals surface area contributed by atoms with E-state index in [1.807, 2.05) is 6.92 Å². The van der Waals surface area contributed by atoms with Gasteiger partial charge >= 0.3 is 0 Å². The quantitative estimate of drug-likeness (QED) is 0.549. The summed E-state index contributed by atoms with van der Waals surface area (Å²) in [7, 11) is 0. The molecule has 2 nitrogen and oxygen atoms in total. The first-order chi connectivity index (χ1) is 5.83. The molecule has 0 spiro atoms. The molecule has 0 aromatic heterocycles. The summed E-state index contributed by atoms with van der Waals surface area (Å²) in [6.45, 7) is 1.83. The highest BCUT2D eigenvalue weighted by Gasteiger charge is 2.07. The Balaban J connectivity index is 2.48. The predicted molar refractivity (Wildman–Crippen MR) is 50.3 cm³/mol. The summed E-state index contributed by atoms with van der Waals surface area (Å²) < 4.78 is 0. The lowest BCUT2D eigenvalue weighted by Crippen LogP contribution is -2.06.